The number of fused-ring (bicyclic) bond motifs is 1. The Balaban J connectivity index is 0.00000280. The summed E-state index contributed by atoms with van der Waals surface area (Å²) in [6, 6.07) is 6.19. The number of ether oxygens (including phenoxy) is 1. The molecule has 0 radical (unpaired) electrons. The quantitative estimate of drug-likeness (QED) is 0.638. The predicted molar refractivity (Wildman–Crippen MR) is 99.8 cm³/mol. The van der Waals surface area contributed by atoms with Crippen LogP contribution in [0.3, 0.4) is 0 Å². The van der Waals surface area contributed by atoms with Gasteiger partial charge in [0.25, 0.3) is 5.56 Å². The van der Waals surface area contributed by atoms with Gasteiger partial charge in [0.05, 0.1) is 6.26 Å². The normalized spacial score (nSPS) is 12.6. The summed E-state index contributed by atoms with van der Waals surface area (Å²) in [6.07, 6.45) is -0.0942. The SMILES string of the molecule is Cn1cc(-c2cc(CS(C)=O)ccc2OCC(F)(F)F)c2ccoc2c1=O.O. The Hall–Kier alpha value is -2.59. The van der Waals surface area contributed by atoms with Crippen LogP contribution in [0.2, 0.25) is 0 Å². The molecule has 0 saturated carbocycles. The molecule has 2 heterocycles. The maximum absolute atomic E-state index is 12.6. The lowest BCUT2D eigenvalue weighted by molar-refractivity contribution is -0.153. The van der Waals surface area contributed by atoms with Gasteiger partial charge in [-0.2, -0.15) is 13.2 Å². The fourth-order valence-electron chi connectivity index (χ4n) is 2.78. The smallest absolute Gasteiger partial charge is 0.422 e. The third-order valence-electron chi connectivity index (χ3n) is 3.89. The van der Waals surface area contributed by atoms with Crippen molar-refractivity contribution in [3.05, 3.63) is 52.6 Å². The summed E-state index contributed by atoms with van der Waals surface area (Å²) in [6.45, 7) is -1.45. The van der Waals surface area contributed by atoms with Crippen molar-refractivity contribution >= 4 is 21.8 Å². The highest BCUT2D eigenvalue weighted by molar-refractivity contribution is 7.83. The van der Waals surface area contributed by atoms with E-state index in [1.807, 2.05) is 0 Å². The zero-order valence-corrected chi connectivity index (χ0v) is 15.8. The largest absolute Gasteiger partial charge is 0.483 e. The summed E-state index contributed by atoms with van der Waals surface area (Å²) in [5.41, 5.74) is 1.27. The minimum Gasteiger partial charge on any atom is -0.483 e. The molecule has 0 fully saturated rings. The van der Waals surface area contributed by atoms with Gasteiger partial charge in [0, 0.05) is 52.6 Å². The molecule has 10 heteroatoms. The van der Waals surface area contributed by atoms with Crippen LogP contribution in [-0.4, -0.2) is 33.3 Å². The maximum Gasteiger partial charge on any atom is 0.422 e. The lowest BCUT2D eigenvalue weighted by Gasteiger charge is -2.15. The molecule has 0 aliphatic rings. The number of benzene rings is 1. The number of halogens is 3. The van der Waals surface area contributed by atoms with Crippen LogP contribution in [-0.2, 0) is 23.6 Å². The standard InChI is InChI=1S/C18H16F3NO4S.H2O/c1-22-8-14(12-5-6-25-16(12)17(22)23)13-7-11(9-27(2)24)3-4-15(13)26-10-18(19,20)21;/h3-8H,9-10H2,1-2H3;1H2. The van der Waals surface area contributed by atoms with Crippen LogP contribution < -0.4 is 10.3 Å². The van der Waals surface area contributed by atoms with Crippen LogP contribution in [0.4, 0.5) is 13.2 Å². The van der Waals surface area contributed by atoms with Crippen molar-refractivity contribution in [3.63, 3.8) is 0 Å². The number of hydrogen-bond acceptors (Lipinski definition) is 4. The fourth-order valence-corrected chi connectivity index (χ4v) is 3.43. The minimum absolute atomic E-state index is 0. The second-order valence-electron chi connectivity index (χ2n) is 6.07. The molecule has 3 rings (SSSR count). The van der Waals surface area contributed by atoms with Gasteiger partial charge in [-0.1, -0.05) is 6.07 Å². The van der Waals surface area contributed by atoms with Crippen LogP contribution in [0.25, 0.3) is 22.1 Å². The molecule has 1 unspecified atom stereocenters. The molecule has 6 nitrogen and oxygen atoms in total. The molecular weight excluding hydrogens is 399 g/mol. The monoisotopic (exact) mass is 417 g/mol. The Morgan fingerprint density at radius 1 is 1.21 bits per heavy atom. The second-order valence-corrected chi connectivity index (χ2v) is 7.51. The van der Waals surface area contributed by atoms with Crippen LogP contribution in [0.1, 0.15) is 5.56 Å². The molecule has 3 aromatic rings. The third-order valence-corrected chi connectivity index (χ3v) is 4.63. The summed E-state index contributed by atoms with van der Waals surface area (Å²) >= 11 is 0. The van der Waals surface area contributed by atoms with Crippen molar-refractivity contribution in [2.75, 3.05) is 12.9 Å². The minimum atomic E-state index is -4.49. The number of aryl methyl sites for hydroxylation is 1. The summed E-state index contributed by atoms with van der Waals surface area (Å²) < 4.78 is 60.9. The maximum atomic E-state index is 12.6. The lowest BCUT2D eigenvalue weighted by atomic mass is 10.0. The van der Waals surface area contributed by atoms with Crippen molar-refractivity contribution in [1.82, 2.24) is 4.57 Å². The molecule has 0 saturated heterocycles. The second kappa shape index (κ2) is 8.19. The van der Waals surface area contributed by atoms with E-state index >= 15 is 0 Å². The Kier molecular flexibility index (Phi) is 6.35. The highest BCUT2D eigenvalue weighted by atomic mass is 32.2. The molecular formula is C18H18F3NO5S. The predicted octanol–water partition coefficient (Wildman–Crippen LogP) is 2.79. The fraction of sp³-hybridized carbons (Fsp3) is 0.278. The first-order valence-electron chi connectivity index (χ1n) is 7.85. The summed E-state index contributed by atoms with van der Waals surface area (Å²) in [5.74, 6) is 0.256. The van der Waals surface area contributed by atoms with Gasteiger partial charge in [0.1, 0.15) is 5.75 Å². The van der Waals surface area contributed by atoms with Gasteiger partial charge in [-0.25, -0.2) is 0 Å². The molecule has 28 heavy (non-hydrogen) atoms. The van der Waals surface area contributed by atoms with Crippen molar-refractivity contribution in [3.8, 4) is 16.9 Å². The zero-order chi connectivity index (χ0) is 19.8. The van der Waals surface area contributed by atoms with Crippen LogP contribution in [0, 0.1) is 0 Å². The molecule has 1 aromatic carbocycles. The van der Waals surface area contributed by atoms with Gasteiger partial charge in [0.15, 0.2) is 12.2 Å². The van der Waals surface area contributed by atoms with Crippen molar-refractivity contribution in [2.45, 2.75) is 11.9 Å². The number of pyridine rings is 1. The van der Waals surface area contributed by atoms with E-state index < -0.39 is 23.6 Å². The van der Waals surface area contributed by atoms with E-state index in [0.29, 0.717) is 22.1 Å². The number of alkyl halides is 3. The average molecular weight is 417 g/mol. The number of rotatable bonds is 5. The van der Waals surface area contributed by atoms with Crippen LogP contribution in [0.5, 0.6) is 5.75 Å². The van der Waals surface area contributed by atoms with E-state index in [4.69, 9.17) is 9.15 Å². The first-order chi connectivity index (χ1) is 12.7. The molecule has 2 N–H and O–H groups in total. The van der Waals surface area contributed by atoms with E-state index in [0.717, 1.165) is 0 Å². The highest BCUT2D eigenvalue weighted by Crippen LogP contribution is 2.36. The van der Waals surface area contributed by atoms with Gasteiger partial charge in [-0.15, -0.1) is 0 Å². The number of nitrogens with zero attached hydrogens (tertiary/aromatic N) is 1. The van der Waals surface area contributed by atoms with Crippen molar-refractivity contribution in [2.24, 2.45) is 7.05 Å². The van der Waals surface area contributed by atoms with E-state index in [-0.39, 0.29) is 28.1 Å². The molecule has 0 spiro atoms. The molecule has 0 aliphatic heterocycles. The Morgan fingerprint density at radius 3 is 2.57 bits per heavy atom. The van der Waals surface area contributed by atoms with Crippen LogP contribution in [0.15, 0.2) is 45.9 Å². The topological polar surface area (TPSA) is 92.9 Å². The molecule has 0 bridgehead atoms. The van der Waals surface area contributed by atoms with Gasteiger partial charge in [0.2, 0.25) is 0 Å². The first kappa shape index (κ1) is 21.7. The summed E-state index contributed by atoms with van der Waals surface area (Å²) in [4.78, 5) is 12.2. The van der Waals surface area contributed by atoms with Crippen molar-refractivity contribution in [1.29, 1.82) is 0 Å². The average Bonchev–Trinajstić information content (AvgIpc) is 3.05. The van der Waals surface area contributed by atoms with E-state index in [9.17, 15) is 22.2 Å². The zero-order valence-electron chi connectivity index (χ0n) is 15.0. The van der Waals surface area contributed by atoms with E-state index in [1.54, 1.807) is 18.2 Å². The number of aromatic nitrogens is 1. The summed E-state index contributed by atoms with van der Waals surface area (Å²) in [5, 5.41) is 0.463. The lowest BCUT2D eigenvalue weighted by Crippen LogP contribution is -2.20. The van der Waals surface area contributed by atoms with Gasteiger partial charge in [-0.05, 0) is 23.8 Å². The Morgan fingerprint density at radius 2 is 1.93 bits per heavy atom. The van der Waals surface area contributed by atoms with Crippen LogP contribution >= 0.6 is 0 Å². The van der Waals surface area contributed by atoms with Gasteiger partial charge in [-0.3, -0.25) is 9.00 Å². The molecule has 1 atom stereocenters. The number of furan rings is 1. The first-order valence-corrected chi connectivity index (χ1v) is 9.58. The third kappa shape index (κ3) is 4.63. The van der Waals surface area contributed by atoms with Crippen molar-refractivity contribution < 1.29 is 32.0 Å². The number of hydrogen-bond donors (Lipinski definition) is 0. The molecule has 2 aromatic heterocycles. The van der Waals surface area contributed by atoms with Gasteiger partial charge >= 0.3 is 6.18 Å². The molecule has 0 amide bonds. The Bertz CT molecular complexity index is 1070. The molecule has 0 aliphatic carbocycles. The van der Waals surface area contributed by atoms with E-state index in [1.165, 1.54) is 36.4 Å². The molecule has 152 valence electrons. The highest BCUT2D eigenvalue weighted by Gasteiger charge is 2.29. The van der Waals surface area contributed by atoms with Gasteiger partial charge < -0.3 is 19.2 Å². The summed E-state index contributed by atoms with van der Waals surface area (Å²) in [7, 11) is 0.395. The Labute approximate surface area is 160 Å². The van der Waals surface area contributed by atoms with E-state index in [2.05, 4.69) is 0 Å².